The van der Waals surface area contributed by atoms with Gasteiger partial charge in [0.15, 0.2) is 17.9 Å². The van der Waals surface area contributed by atoms with Crippen molar-refractivity contribution in [1.82, 2.24) is 25.0 Å². The fourth-order valence-electron chi connectivity index (χ4n) is 4.02. The maximum atomic E-state index is 14.6. The van der Waals surface area contributed by atoms with Crippen molar-refractivity contribution < 1.29 is 28.3 Å². The highest BCUT2D eigenvalue weighted by Crippen LogP contribution is 2.33. The van der Waals surface area contributed by atoms with Gasteiger partial charge in [-0.05, 0) is 43.3 Å². The van der Waals surface area contributed by atoms with E-state index in [0.717, 1.165) is 17.4 Å². The topological polar surface area (TPSA) is 135 Å². The molecule has 12 heteroatoms. The molecule has 0 spiro atoms. The summed E-state index contributed by atoms with van der Waals surface area (Å²) < 4.78 is 32.0. The number of nitrogens with zero attached hydrogens (tertiary/aromatic N) is 3. The summed E-state index contributed by atoms with van der Waals surface area (Å²) in [5.41, 5.74) is 1.27. The summed E-state index contributed by atoms with van der Waals surface area (Å²) in [5.74, 6) is -3.29. The number of benzene rings is 2. The fourth-order valence-corrected chi connectivity index (χ4v) is 4.02. The van der Waals surface area contributed by atoms with Gasteiger partial charge in [0.2, 0.25) is 5.91 Å². The second-order valence-electron chi connectivity index (χ2n) is 10.3. The average molecular weight is 598 g/mol. The monoisotopic (exact) mass is 597 g/mol. The first kappa shape index (κ1) is 34.5. The molecule has 0 fully saturated rings. The van der Waals surface area contributed by atoms with Gasteiger partial charge in [0.1, 0.15) is 0 Å². The Morgan fingerprint density at radius 1 is 1.07 bits per heavy atom. The van der Waals surface area contributed by atoms with Gasteiger partial charge in [0, 0.05) is 36.8 Å². The molecule has 1 amide bonds. The SMILES string of the molecule is CC(C)C.CNCC(=O)NC(CC(=O)O)c1cc(-c2c3ccccc3nn2C)cc(F)c1F.Cn1cccc(C=O)c1=O. The third-order valence-corrected chi connectivity index (χ3v) is 5.78. The molecular weight excluding hydrogens is 560 g/mol. The Morgan fingerprint density at radius 3 is 2.30 bits per heavy atom. The summed E-state index contributed by atoms with van der Waals surface area (Å²) in [4.78, 5) is 44.3. The number of carboxylic acid groups (broad SMARTS) is 1. The second kappa shape index (κ2) is 16.1. The van der Waals surface area contributed by atoms with Crippen molar-refractivity contribution in [2.75, 3.05) is 13.6 Å². The van der Waals surface area contributed by atoms with Crippen LogP contribution in [-0.2, 0) is 23.7 Å². The number of hydrogen-bond donors (Lipinski definition) is 3. The number of pyridine rings is 1. The zero-order valence-electron chi connectivity index (χ0n) is 25.0. The molecule has 2 aromatic heterocycles. The van der Waals surface area contributed by atoms with Crippen molar-refractivity contribution >= 4 is 29.1 Å². The Labute approximate surface area is 248 Å². The van der Waals surface area contributed by atoms with Crippen LogP contribution < -0.4 is 16.2 Å². The maximum Gasteiger partial charge on any atom is 0.305 e. The van der Waals surface area contributed by atoms with Gasteiger partial charge in [-0.2, -0.15) is 5.10 Å². The first-order chi connectivity index (χ1) is 20.3. The van der Waals surface area contributed by atoms with E-state index in [2.05, 4.69) is 36.5 Å². The lowest BCUT2D eigenvalue weighted by Gasteiger charge is -2.19. The number of nitrogens with one attached hydrogen (secondary N) is 2. The molecule has 0 aliphatic rings. The highest BCUT2D eigenvalue weighted by atomic mass is 19.2. The molecule has 1 atom stereocenters. The summed E-state index contributed by atoms with van der Waals surface area (Å²) in [7, 11) is 4.83. The summed E-state index contributed by atoms with van der Waals surface area (Å²) >= 11 is 0. The predicted molar refractivity (Wildman–Crippen MR) is 161 cm³/mol. The minimum Gasteiger partial charge on any atom is -0.481 e. The van der Waals surface area contributed by atoms with Gasteiger partial charge < -0.3 is 20.3 Å². The molecule has 3 N–H and O–H groups in total. The number of likely N-dealkylation sites (N-methyl/N-ethyl adjacent to an activating group) is 1. The van der Waals surface area contributed by atoms with E-state index in [4.69, 9.17) is 0 Å². The second-order valence-corrected chi connectivity index (χ2v) is 10.3. The molecule has 0 saturated heterocycles. The van der Waals surface area contributed by atoms with E-state index >= 15 is 0 Å². The zero-order chi connectivity index (χ0) is 32.3. The summed E-state index contributed by atoms with van der Waals surface area (Å²) in [6, 6.07) is 11.5. The molecule has 2 aromatic carbocycles. The first-order valence-electron chi connectivity index (χ1n) is 13.5. The number of aliphatic carboxylic acids is 1. The number of aryl methyl sites for hydroxylation is 2. The standard InChI is InChI=1S/C20H20F2N4O3.C7H7NO2.C4H10/c1-23-10-17(27)24-16(9-18(28)29)13-7-11(8-14(21)19(13)22)20-12-5-3-4-6-15(12)25-26(20)2;1-8-4-2-3-6(5-9)7(8)10;1-4(2)3/h3-8,16,23H,9-10H2,1-2H3,(H,24,27)(H,28,29);2-5H,1H3;4H,1-3H3. The largest absolute Gasteiger partial charge is 0.481 e. The van der Waals surface area contributed by atoms with Gasteiger partial charge >= 0.3 is 5.97 Å². The molecule has 0 saturated carbocycles. The van der Waals surface area contributed by atoms with Crippen LogP contribution in [0.5, 0.6) is 0 Å². The molecule has 4 aromatic rings. The molecule has 0 radical (unpaired) electrons. The molecule has 0 aliphatic carbocycles. The summed E-state index contributed by atoms with van der Waals surface area (Å²) in [6.07, 6.45) is 1.57. The van der Waals surface area contributed by atoms with Crippen LogP contribution in [-0.4, -0.2) is 51.2 Å². The number of hydrogen-bond acceptors (Lipinski definition) is 6. The lowest BCUT2D eigenvalue weighted by Crippen LogP contribution is -2.36. The van der Waals surface area contributed by atoms with E-state index < -0.39 is 36.0 Å². The number of fused-ring (bicyclic) bond motifs is 1. The summed E-state index contributed by atoms with van der Waals surface area (Å²) in [5, 5.41) is 19.4. The van der Waals surface area contributed by atoms with E-state index in [1.54, 1.807) is 50.2 Å². The Hall–Kier alpha value is -4.71. The van der Waals surface area contributed by atoms with Crippen LogP contribution in [0.25, 0.3) is 22.2 Å². The lowest BCUT2D eigenvalue weighted by atomic mass is 9.97. The van der Waals surface area contributed by atoms with Crippen LogP contribution in [0.15, 0.2) is 59.5 Å². The van der Waals surface area contributed by atoms with E-state index in [1.165, 1.54) is 16.7 Å². The minimum absolute atomic E-state index is 0.0910. The first-order valence-corrected chi connectivity index (χ1v) is 13.5. The average Bonchev–Trinajstić information content (AvgIpc) is 3.27. The molecule has 0 bridgehead atoms. The van der Waals surface area contributed by atoms with Crippen molar-refractivity contribution in [3.8, 4) is 11.3 Å². The number of carbonyl (C=O) groups excluding carboxylic acids is 2. The van der Waals surface area contributed by atoms with E-state index in [9.17, 15) is 33.1 Å². The Kier molecular flexibility index (Phi) is 12.9. The van der Waals surface area contributed by atoms with Crippen molar-refractivity contribution in [1.29, 1.82) is 0 Å². The van der Waals surface area contributed by atoms with Crippen molar-refractivity contribution in [2.24, 2.45) is 20.0 Å². The van der Waals surface area contributed by atoms with E-state index in [0.29, 0.717) is 23.1 Å². The minimum atomic E-state index is -1.25. The molecule has 0 aliphatic heterocycles. The van der Waals surface area contributed by atoms with E-state index in [1.807, 2.05) is 12.1 Å². The van der Waals surface area contributed by atoms with Crippen LogP contribution in [0.4, 0.5) is 8.78 Å². The quantitative estimate of drug-likeness (QED) is 0.259. The van der Waals surface area contributed by atoms with Gasteiger partial charge in [-0.1, -0.05) is 39.0 Å². The van der Waals surface area contributed by atoms with Gasteiger partial charge in [-0.15, -0.1) is 0 Å². The highest BCUT2D eigenvalue weighted by Gasteiger charge is 2.25. The van der Waals surface area contributed by atoms with Gasteiger partial charge in [-0.3, -0.25) is 23.9 Å². The molecule has 1 unspecified atom stereocenters. The fraction of sp³-hybridized carbons (Fsp3) is 0.323. The molecule has 2 heterocycles. The summed E-state index contributed by atoms with van der Waals surface area (Å²) in [6.45, 7) is 6.41. The number of aldehydes is 1. The van der Waals surface area contributed by atoms with Gasteiger partial charge in [-0.25, -0.2) is 8.78 Å². The van der Waals surface area contributed by atoms with Crippen LogP contribution >= 0.6 is 0 Å². The Balaban J connectivity index is 0.000000380. The van der Waals surface area contributed by atoms with E-state index in [-0.39, 0.29) is 23.2 Å². The number of halogens is 2. The third kappa shape index (κ3) is 9.67. The normalized spacial score (nSPS) is 11.2. The number of aromatic nitrogens is 3. The Morgan fingerprint density at radius 2 is 1.72 bits per heavy atom. The van der Waals surface area contributed by atoms with Crippen molar-refractivity contribution in [3.05, 3.63) is 87.8 Å². The van der Waals surface area contributed by atoms with Crippen LogP contribution in [0, 0.1) is 17.6 Å². The van der Waals surface area contributed by atoms with Crippen LogP contribution in [0.2, 0.25) is 0 Å². The molecule has 10 nitrogen and oxygen atoms in total. The number of amides is 1. The van der Waals surface area contributed by atoms with Crippen molar-refractivity contribution in [3.63, 3.8) is 0 Å². The van der Waals surface area contributed by atoms with Crippen LogP contribution in [0.1, 0.15) is 49.2 Å². The highest BCUT2D eigenvalue weighted by molar-refractivity contribution is 5.93. The Bertz CT molecular complexity index is 1630. The number of carbonyl (C=O) groups is 3. The molecular formula is C31H37F2N5O5. The molecule has 43 heavy (non-hydrogen) atoms. The zero-order valence-corrected chi connectivity index (χ0v) is 25.0. The number of carboxylic acids is 1. The van der Waals surface area contributed by atoms with Gasteiger partial charge in [0.25, 0.3) is 5.56 Å². The molecule has 230 valence electrons. The van der Waals surface area contributed by atoms with Crippen molar-refractivity contribution in [2.45, 2.75) is 33.2 Å². The van der Waals surface area contributed by atoms with Crippen LogP contribution in [0.3, 0.4) is 0 Å². The lowest BCUT2D eigenvalue weighted by molar-refractivity contribution is -0.137. The van der Waals surface area contributed by atoms with Gasteiger partial charge in [0.05, 0.1) is 35.8 Å². The maximum absolute atomic E-state index is 14.6. The third-order valence-electron chi connectivity index (χ3n) is 5.78. The number of rotatable bonds is 8. The molecule has 4 rings (SSSR count). The smallest absolute Gasteiger partial charge is 0.305 e. The predicted octanol–water partition coefficient (Wildman–Crippen LogP) is 4.23.